The van der Waals surface area contributed by atoms with E-state index < -0.39 is 0 Å². The number of benzene rings is 1. The van der Waals surface area contributed by atoms with Crippen LogP contribution in [0.15, 0.2) is 30.3 Å². The maximum atomic E-state index is 9.84. The second-order valence-electron chi connectivity index (χ2n) is 8.89. The normalized spacial score (nSPS) is 16.0. The highest BCUT2D eigenvalue weighted by Crippen LogP contribution is 2.49. The Balaban J connectivity index is 2.20. The molecular weight excluding hydrogens is 322 g/mol. The minimum Gasteiger partial charge on any atom is -0.496 e. The monoisotopic (exact) mass is 353 g/mol. The van der Waals surface area contributed by atoms with Crippen molar-refractivity contribution in [3.05, 3.63) is 47.3 Å². The van der Waals surface area contributed by atoms with Gasteiger partial charge in [0.05, 0.1) is 19.4 Å². The van der Waals surface area contributed by atoms with E-state index in [1.165, 1.54) is 5.56 Å². The van der Waals surface area contributed by atoms with Crippen LogP contribution in [0.25, 0.3) is 11.1 Å². The van der Waals surface area contributed by atoms with E-state index >= 15 is 0 Å². The van der Waals surface area contributed by atoms with Crippen molar-refractivity contribution < 1.29 is 9.84 Å². The summed E-state index contributed by atoms with van der Waals surface area (Å²) in [6, 6.07) is 10.6. The Bertz CT molecular complexity index is 798. The van der Waals surface area contributed by atoms with E-state index in [9.17, 15) is 5.11 Å². The van der Waals surface area contributed by atoms with Crippen LogP contribution >= 0.6 is 0 Å². The Morgan fingerprint density at radius 1 is 1.12 bits per heavy atom. The molecule has 1 saturated carbocycles. The molecular formula is C23H31NO2. The number of pyridine rings is 1. The molecule has 1 heterocycles. The average Bonchev–Trinajstić information content (AvgIpc) is 3.41. The molecule has 3 heteroatoms. The quantitative estimate of drug-likeness (QED) is 0.803. The lowest BCUT2D eigenvalue weighted by Gasteiger charge is -2.25. The van der Waals surface area contributed by atoms with Crippen LogP contribution in [-0.2, 0) is 10.8 Å². The summed E-state index contributed by atoms with van der Waals surface area (Å²) < 4.78 is 5.68. The summed E-state index contributed by atoms with van der Waals surface area (Å²) in [6.07, 6.45) is 2.10. The molecule has 1 aromatic heterocycles. The minimum atomic E-state index is -0.0739. The molecule has 2 aromatic rings. The Kier molecular flexibility index (Phi) is 4.87. The van der Waals surface area contributed by atoms with Crippen LogP contribution in [0.1, 0.15) is 70.3 Å². The summed E-state index contributed by atoms with van der Waals surface area (Å²) in [5, 5.41) is 9.84. The van der Waals surface area contributed by atoms with Crippen LogP contribution < -0.4 is 4.74 Å². The molecule has 0 saturated heterocycles. The maximum Gasteiger partial charge on any atom is 0.126 e. The van der Waals surface area contributed by atoms with Gasteiger partial charge in [0.1, 0.15) is 5.75 Å². The SMILES string of the molecule is COc1ccc(C2(CO)CC2)cc1-c1ccc(C(C)C)nc1C(C)(C)C. The van der Waals surface area contributed by atoms with Gasteiger partial charge in [0.25, 0.3) is 0 Å². The molecule has 0 radical (unpaired) electrons. The van der Waals surface area contributed by atoms with Crippen molar-refractivity contribution in [3.8, 4) is 16.9 Å². The topological polar surface area (TPSA) is 42.4 Å². The smallest absolute Gasteiger partial charge is 0.126 e. The lowest BCUT2D eigenvalue weighted by atomic mass is 9.84. The number of ether oxygens (including phenoxy) is 1. The lowest BCUT2D eigenvalue weighted by Crippen LogP contribution is -2.17. The van der Waals surface area contributed by atoms with Gasteiger partial charge in [-0.15, -0.1) is 0 Å². The number of nitrogens with zero attached hydrogens (tertiary/aromatic N) is 1. The first-order valence-corrected chi connectivity index (χ1v) is 9.53. The van der Waals surface area contributed by atoms with E-state index in [1.54, 1.807) is 7.11 Å². The first-order valence-electron chi connectivity index (χ1n) is 9.53. The zero-order valence-electron chi connectivity index (χ0n) is 16.9. The van der Waals surface area contributed by atoms with E-state index in [-0.39, 0.29) is 17.4 Å². The van der Waals surface area contributed by atoms with Gasteiger partial charge in [-0.1, -0.05) is 46.8 Å². The fourth-order valence-electron chi connectivity index (χ4n) is 3.52. The van der Waals surface area contributed by atoms with Gasteiger partial charge >= 0.3 is 0 Å². The third-order valence-corrected chi connectivity index (χ3v) is 5.48. The highest BCUT2D eigenvalue weighted by atomic mass is 16.5. The van der Waals surface area contributed by atoms with Crippen LogP contribution in [0.2, 0.25) is 0 Å². The van der Waals surface area contributed by atoms with E-state index in [2.05, 4.69) is 58.9 Å². The van der Waals surface area contributed by atoms with Crippen molar-refractivity contribution in [1.29, 1.82) is 0 Å². The number of aliphatic hydroxyl groups excluding tert-OH is 1. The van der Waals surface area contributed by atoms with Crippen LogP contribution in [0.3, 0.4) is 0 Å². The Labute approximate surface area is 157 Å². The molecule has 26 heavy (non-hydrogen) atoms. The Morgan fingerprint density at radius 2 is 1.81 bits per heavy atom. The number of aromatic nitrogens is 1. The van der Waals surface area contributed by atoms with E-state index in [0.717, 1.165) is 41.1 Å². The summed E-state index contributed by atoms with van der Waals surface area (Å²) in [7, 11) is 1.71. The molecule has 0 atom stereocenters. The van der Waals surface area contributed by atoms with Gasteiger partial charge in [-0.25, -0.2) is 0 Å². The molecule has 0 aliphatic heterocycles. The van der Waals surface area contributed by atoms with Gasteiger partial charge in [0.15, 0.2) is 0 Å². The Hall–Kier alpha value is -1.87. The first kappa shape index (κ1) is 18.9. The molecule has 0 spiro atoms. The first-order chi connectivity index (χ1) is 12.2. The number of methoxy groups -OCH3 is 1. The third-order valence-electron chi connectivity index (χ3n) is 5.48. The molecule has 3 rings (SSSR count). The zero-order valence-corrected chi connectivity index (χ0v) is 16.9. The number of hydrogen-bond acceptors (Lipinski definition) is 3. The second-order valence-corrected chi connectivity index (χ2v) is 8.89. The number of hydrogen-bond donors (Lipinski definition) is 1. The fraction of sp³-hybridized carbons (Fsp3) is 0.522. The van der Waals surface area contributed by atoms with Gasteiger partial charge in [0, 0.05) is 27.7 Å². The predicted octanol–water partition coefficient (Wildman–Crippen LogP) is 5.20. The predicted molar refractivity (Wildman–Crippen MR) is 107 cm³/mol. The molecule has 1 aliphatic rings. The largest absolute Gasteiger partial charge is 0.496 e. The van der Waals surface area contributed by atoms with Crippen molar-refractivity contribution in [1.82, 2.24) is 4.98 Å². The zero-order chi connectivity index (χ0) is 19.1. The average molecular weight is 354 g/mol. The van der Waals surface area contributed by atoms with Crippen molar-refractivity contribution in [2.24, 2.45) is 0 Å². The van der Waals surface area contributed by atoms with Gasteiger partial charge in [0.2, 0.25) is 0 Å². The van der Waals surface area contributed by atoms with Crippen molar-refractivity contribution in [2.75, 3.05) is 13.7 Å². The van der Waals surface area contributed by atoms with Crippen molar-refractivity contribution in [2.45, 2.75) is 64.2 Å². The molecule has 1 aliphatic carbocycles. The van der Waals surface area contributed by atoms with Gasteiger partial charge in [-0.05, 0) is 42.5 Å². The van der Waals surface area contributed by atoms with Gasteiger partial charge in [-0.3, -0.25) is 4.98 Å². The van der Waals surface area contributed by atoms with Gasteiger partial charge < -0.3 is 9.84 Å². The van der Waals surface area contributed by atoms with Gasteiger partial charge in [-0.2, -0.15) is 0 Å². The molecule has 140 valence electrons. The fourth-order valence-corrected chi connectivity index (χ4v) is 3.52. The highest BCUT2D eigenvalue weighted by molar-refractivity contribution is 5.74. The van der Waals surface area contributed by atoms with Crippen LogP contribution in [0.4, 0.5) is 0 Å². The second kappa shape index (κ2) is 6.70. The highest BCUT2D eigenvalue weighted by Gasteiger charge is 2.44. The summed E-state index contributed by atoms with van der Waals surface area (Å²) in [5.74, 6) is 1.24. The van der Waals surface area contributed by atoms with Crippen molar-refractivity contribution >= 4 is 0 Å². The van der Waals surface area contributed by atoms with Crippen LogP contribution in [-0.4, -0.2) is 23.8 Å². The van der Waals surface area contributed by atoms with E-state index in [0.29, 0.717) is 5.92 Å². The molecule has 0 bridgehead atoms. The summed E-state index contributed by atoms with van der Waals surface area (Å²) in [4.78, 5) is 5.02. The molecule has 1 aromatic carbocycles. The summed E-state index contributed by atoms with van der Waals surface area (Å²) in [6.45, 7) is 11.2. The number of rotatable bonds is 5. The molecule has 1 fully saturated rings. The summed E-state index contributed by atoms with van der Waals surface area (Å²) >= 11 is 0. The van der Waals surface area contributed by atoms with Crippen LogP contribution in [0, 0.1) is 0 Å². The third kappa shape index (κ3) is 3.37. The van der Waals surface area contributed by atoms with Crippen LogP contribution in [0.5, 0.6) is 5.75 Å². The summed E-state index contributed by atoms with van der Waals surface area (Å²) in [5.41, 5.74) is 5.45. The standard InChI is InChI=1S/C23H31NO2/c1-15(2)19-9-8-17(21(24-19)22(3,4)5)18-13-16(7-10-20(18)26-6)23(14-25)11-12-23/h7-10,13,15,25H,11-12,14H2,1-6H3. The lowest BCUT2D eigenvalue weighted by molar-refractivity contribution is 0.255. The molecule has 3 nitrogen and oxygen atoms in total. The maximum absolute atomic E-state index is 9.84. The molecule has 1 N–H and O–H groups in total. The minimum absolute atomic E-state index is 0.0613. The number of aliphatic hydroxyl groups is 1. The Morgan fingerprint density at radius 3 is 2.31 bits per heavy atom. The van der Waals surface area contributed by atoms with E-state index in [1.807, 2.05) is 6.07 Å². The van der Waals surface area contributed by atoms with E-state index in [4.69, 9.17) is 9.72 Å². The molecule has 0 amide bonds. The molecule has 0 unspecified atom stereocenters. The van der Waals surface area contributed by atoms with Crippen molar-refractivity contribution in [3.63, 3.8) is 0 Å².